The molecule has 1 unspecified atom stereocenters. The number of hydrogen-bond acceptors (Lipinski definition) is 2. The second-order valence-electron chi connectivity index (χ2n) is 4.76. The Kier molecular flexibility index (Phi) is 4.36. The summed E-state index contributed by atoms with van der Waals surface area (Å²) in [6.07, 6.45) is 0. The van der Waals surface area contributed by atoms with Crippen molar-refractivity contribution in [3.63, 3.8) is 0 Å². The van der Waals surface area contributed by atoms with Gasteiger partial charge in [-0.25, -0.2) is 0 Å². The minimum Gasteiger partial charge on any atom is -0.496 e. The van der Waals surface area contributed by atoms with Gasteiger partial charge in [-0.3, -0.25) is 0 Å². The van der Waals surface area contributed by atoms with Crippen LogP contribution in [0.1, 0.15) is 36.5 Å². The van der Waals surface area contributed by atoms with Gasteiger partial charge in [0.25, 0.3) is 0 Å². The molecule has 1 aromatic carbocycles. The molecule has 1 aromatic rings. The molecule has 16 heavy (non-hydrogen) atoms. The lowest BCUT2D eigenvalue weighted by Gasteiger charge is -2.23. The second kappa shape index (κ2) is 5.35. The summed E-state index contributed by atoms with van der Waals surface area (Å²) in [6.45, 7) is 9.30. The summed E-state index contributed by atoms with van der Waals surface area (Å²) in [5.41, 5.74) is 9.67. The maximum absolute atomic E-state index is 5.86. The molecule has 1 atom stereocenters. The van der Waals surface area contributed by atoms with Crippen molar-refractivity contribution in [3.8, 4) is 5.75 Å². The van der Waals surface area contributed by atoms with Crippen LogP contribution in [-0.4, -0.2) is 13.7 Å². The van der Waals surface area contributed by atoms with E-state index in [4.69, 9.17) is 10.5 Å². The van der Waals surface area contributed by atoms with Gasteiger partial charge in [0.15, 0.2) is 0 Å². The zero-order chi connectivity index (χ0) is 12.3. The lowest BCUT2D eigenvalue weighted by Crippen LogP contribution is -2.18. The summed E-state index contributed by atoms with van der Waals surface area (Å²) in [6, 6.07) is 4.32. The van der Waals surface area contributed by atoms with Gasteiger partial charge >= 0.3 is 0 Å². The van der Waals surface area contributed by atoms with Crippen molar-refractivity contribution >= 4 is 0 Å². The van der Waals surface area contributed by atoms with Crippen LogP contribution in [0.2, 0.25) is 0 Å². The number of benzene rings is 1. The van der Waals surface area contributed by atoms with E-state index in [2.05, 4.69) is 39.8 Å². The molecule has 0 bridgehead atoms. The van der Waals surface area contributed by atoms with Gasteiger partial charge in [0.05, 0.1) is 7.11 Å². The molecule has 0 fully saturated rings. The van der Waals surface area contributed by atoms with Gasteiger partial charge in [-0.15, -0.1) is 0 Å². The first kappa shape index (κ1) is 13.0. The zero-order valence-electron chi connectivity index (χ0n) is 11.0. The summed E-state index contributed by atoms with van der Waals surface area (Å²) in [4.78, 5) is 0. The molecule has 0 amide bonds. The Morgan fingerprint density at radius 1 is 1.19 bits per heavy atom. The lowest BCUT2D eigenvalue weighted by molar-refractivity contribution is 0.395. The quantitative estimate of drug-likeness (QED) is 0.848. The second-order valence-corrected chi connectivity index (χ2v) is 4.76. The molecule has 0 aliphatic rings. The summed E-state index contributed by atoms with van der Waals surface area (Å²) in [5, 5.41) is 0. The highest BCUT2D eigenvalue weighted by atomic mass is 16.5. The number of rotatable bonds is 4. The van der Waals surface area contributed by atoms with Crippen LogP contribution in [0.3, 0.4) is 0 Å². The number of ether oxygens (including phenoxy) is 1. The first-order valence-electron chi connectivity index (χ1n) is 5.86. The highest BCUT2D eigenvalue weighted by molar-refractivity contribution is 5.44. The van der Waals surface area contributed by atoms with E-state index in [1.165, 1.54) is 16.7 Å². The number of aryl methyl sites for hydroxylation is 2. The lowest BCUT2D eigenvalue weighted by atomic mass is 9.86. The molecule has 0 saturated carbocycles. The molecular weight excluding hydrogens is 198 g/mol. The molecule has 0 aliphatic carbocycles. The molecule has 0 aliphatic heterocycles. The van der Waals surface area contributed by atoms with Crippen molar-refractivity contribution in [2.45, 2.75) is 33.6 Å². The van der Waals surface area contributed by atoms with Gasteiger partial charge in [-0.1, -0.05) is 19.9 Å². The van der Waals surface area contributed by atoms with Gasteiger partial charge in [0.1, 0.15) is 5.75 Å². The van der Waals surface area contributed by atoms with Crippen molar-refractivity contribution in [3.05, 3.63) is 28.8 Å². The Labute approximate surface area is 98.8 Å². The number of nitrogens with two attached hydrogens (primary N) is 1. The monoisotopic (exact) mass is 221 g/mol. The van der Waals surface area contributed by atoms with E-state index in [-0.39, 0.29) is 0 Å². The van der Waals surface area contributed by atoms with Crippen LogP contribution in [0.4, 0.5) is 0 Å². The molecule has 0 aromatic heterocycles. The Balaban J connectivity index is 3.24. The summed E-state index contributed by atoms with van der Waals surface area (Å²) in [5.74, 6) is 1.86. The van der Waals surface area contributed by atoms with Crippen molar-refractivity contribution in [2.24, 2.45) is 11.7 Å². The average molecular weight is 221 g/mol. The van der Waals surface area contributed by atoms with Crippen LogP contribution in [0.25, 0.3) is 0 Å². The fourth-order valence-electron chi connectivity index (χ4n) is 2.04. The van der Waals surface area contributed by atoms with E-state index in [0.717, 1.165) is 5.75 Å². The minimum atomic E-state index is 0.370. The highest BCUT2D eigenvalue weighted by Gasteiger charge is 2.19. The third-order valence-corrected chi connectivity index (χ3v) is 3.30. The Morgan fingerprint density at radius 3 is 2.19 bits per heavy atom. The summed E-state index contributed by atoms with van der Waals surface area (Å²) < 4.78 is 5.46. The molecule has 0 saturated heterocycles. The van der Waals surface area contributed by atoms with Gasteiger partial charge in [-0.2, -0.15) is 0 Å². The number of hydrogen-bond donors (Lipinski definition) is 1. The Bertz CT molecular complexity index is 358. The SMILES string of the molecule is COc1cc(C)c(C)cc1C(CN)C(C)C. The molecule has 90 valence electrons. The van der Waals surface area contributed by atoms with Crippen LogP contribution < -0.4 is 10.5 Å². The smallest absolute Gasteiger partial charge is 0.122 e. The molecule has 0 radical (unpaired) electrons. The minimum absolute atomic E-state index is 0.370. The largest absolute Gasteiger partial charge is 0.496 e. The molecule has 0 heterocycles. The van der Waals surface area contributed by atoms with E-state index in [9.17, 15) is 0 Å². The molecule has 2 heteroatoms. The fraction of sp³-hybridized carbons (Fsp3) is 0.571. The van der Waals surface area contributed by atoms with Crippen LogP contribution >= 0.6 is 0 Å². The van der Waals surface area contributed by atoms with E-state index < -0.39 is 0 Å². The van der Waals surface area contributed by atoms with Gasteiger partial charge in [0.2, 0.25) is 0 Å². The standard InChI is InChI=1S/C14H23NO/c1-9(2)13(8-15)12-6-10(3)11(4)7-14(12)16-5/h6-7,9,13H,8,15H2,1-5H3. The molecule has 2 nitrogen and oxygen atoms in total. The molecule has 1 rings (SSSR count). The van der Waals surface area contributed by atoms with E-state index in [1.54, 1.807) is 7.11 Å². The van der Waals surface area contributed by atoms with Crippen molar-refractivity contribution in [1.29, 1.82) is 0 Å². The van der Waals surface area contributed by atoms with Crippen LogP contribution in [0.15, 0.2) is 12.1 Å². The third kappa shape index (κ3) is 2.56. The molecule has 0 spiro atoms. The Morgan fingerprint density at radius 2 is 1.75 bits per heavy atom. The summed E-state index contributed by atoms with van der Waals surface area (Å²) in [7, 11) is 1.72. The first-order chi connectivity index (χ1) is 7.51. The van der Waals surface area contributed by atoms with Crippen LogP contribution in [0.5, 0.6) is 5.75 Å². The van der Waals surface area contributed by atoms with Crippen LogP contribution in [-0.2, 0) is 0 Å². The molecular formula is C14H23NO. The van der Waals surface area contributed by atoms with Gasteiger partial charge in [0, 0.05) is 5.92 Å². The van der Waals surface area contributed by atoms with Crippen molar-refractivity contribution in [1.82, 2.24) is 0 Å². The van der Waals surface area contributed by atoms with E-state index >= 15 is 0 Å². The maximum atomic E-state index is 5.86. The summed E-state index contributed by atoms with van der Waals surface area (Å²) >= 11 is 0. The maximum Gasteiger partial charge on any atom is 0.122 e. The highest BCUT2D eigenvalue weighted by Crippen LogP contribution is 2.33. The first-order valence-corrected chi connectivity index (χ1v) is 5.86. The van der Waals surface area contributed by atoms with Crippen molar-refractivity contribution in [2.75, 3.05) is 13.7 Å². The van der Waals surface area contributed by atoms with Crippen molar-refractivity contribution < 1.29 is 4.74 Å². The predicted molar refractivity (Wildman–Crippen MR) is 69.1 cm³/mol. The average Bonchev–Trinajstić information content (AvgIpc) is 2.23. The van der Waals surface area contributed by atoms with Gasteiger partial charge < -0.3 is 10.5 Å². The third-order valence-electron chi connectivity index (χ3n) is 3.30. The number of methoxy groups -OCH3 is 1. The molecule has 2 N–H and O–H groups in total. The normalized spacial score (nSPS) is 12.9. The van der Waals surface area contributed by atoms with Crippen LogP contribution in [0, 0.1) is 19.8 Å². The topological polar surface area (TPSA) is 35.2 Å². The Hall–Kier alpha value is -1.02. The van der Waals surface area contributed by atoms with E-state index in [1.807, 2.05) is 0 Å². The zero-order valence-corrected chi connectivity index (χ0v) is 11.0. The predicted octanol–water partition coefficient (Wildman–Crippen LogP) is 3.01. The van der Waals surface area contributed by atoms with Gasteiger partial charge in [-0.05, 0) is 49.1 Å². The van der Waals surface area contributed by atoms with E-state index in [0.29, 0.717) is 18.4 Å². The fourth-order valence-corrected chi connectivity index (χ4v) is 2.04.